The van der Waals surface area contributed by atoms with E-state index in [0.717, 1.165) is 5.56 Å². The van der Waals surface area contributed by atoms with Gasteiger partial charge in [-0.25, -0.2) is 0 Å². The summed E-state index contributed by atoms with van der Waals surface area (Å²) in [5.41, 5.74) is -0.377. The quantitative estimate of drug-likeness (QED) is 0.677. The van der Waals surface area contributed by atoms with Crippen LogP contribution in [0.5, 0.6) is 0 Å². The lowest BCUT2D eigenvalue weighted by Crippen LogP contribution is -2.42. The van der Waals surface area contributed by atoms with Crippen LogP contribution in [0, 0.1) is 0 Å². The van der Waals surface area contributed by atoms with Gasteiger partial charge < -0.3 is 15.5 Å². The van der Waals surface area contributed by atoms with Gasteiger partial charge in [0.1, 0.15) is 0 Å². The van der Waals surface area contributed by atoms with Crippen LogP contribution in [0.2, 0.25) is 5.02 Å². The highest BCUT2D eigenvalue weighted by atomic mass is 35.5. The van der Waals surface area contributed by atoms with Crippen molar-refractivity contribution in [3.8, 4) is 0 Å². The molecule has 7 heteroatoms. The molecule has 1 aromatic carbocycles. The summed E-state index contributed by atoms with van der Waals surface area (Å²) in [6.45, 7) is 1.29. The van der Waals surface area contributed by atoms with Gasteiger partial charge in [0.2, 0.25) is 5.91 Å². The molecule has 0 fully saturated rings. The van der Waals surface area contributed by atoms with Crippen molar-refractivity contribution in [3.05, 3.63) is 34.9 Å². The Hall–Kier alpha value is -1.24. The molecule has 0 aromatic heterocycles. The number of benzene rings is 1. The van der Waals surface area contributed by atoms with Crippen LogP contribution in [0.4, 0.5) is 0 Å². The second-order valence-electron chi connectivity index (χ2n) is 4.96. The number of amides is 1. The molecule has 1 aromatic rings. The summed E-state index contributed by atoms with van der Waals surface area (Å²) in [5.74, 6) is -0.423. The number of carbonyl (C=O) groups is 2. The van der Waals surface area contributed by atoms with E-state index in [1.54, 1.807) is 12.1 Å². The van der Waals surface area contributed by atoms with Crippen LogP contribution < -0.4 is 5.32 Å². The van der Waals surface area contributed by atoms with E-state index in [4.69, 9.17) is 16.7 Å². The van der Waals surface area contributed by atoms with Gasteiger partial charge in [-0.1, -0.05) is 23.7 Å². The Kier molecular flexibility index (Phi) is 7.01. The highest BCUT2D eigenvalue weighted by Crippen LogP contribution is 2.15. The number of hydrogen-bond donors (Lipinski definition) is 3. The second-order valence-corrected chi connectivity index (χ2v) is 6.39. The average molecular weight is 332 g/mol. The fraction of sp³-hybridized carbons (Fsp3) is 0.429. The fourth-order valence-electron chi connectivity index (χ4n) is 1.57. The summed E-state index contributed by atoms with van der Waals surface area (Å²) in [5, 5.41) is 21.6. The molecule has 0 spiro atoms. The molecule has 0 saturated heterocycles. The van der Waals surface area contributed by atoms with E-state index in [-0.39, 0.29) is 18.2 Å². The van der Waals surface area contributed by atoms with Crippen LogP contribution in [0.25, 0.3) is 0 Å². The summed E-state index contributed by atoms with van der Waals surface area (Å²) in [4.78, 5) is 22.1. The summed E-state index contributed by atoms with van der Waals surface area (Å²) in [7, 11) is 0. The zero-order valence-corrected chi connectivity index (χ0v) is 13.2. The third-order valence-corrected chi connectivity index (χ3v) is 3.87. The molecule has 0 aliphatic carbocycles. The van der Waals surface area contributed by atoms with Gasteiger partial charge in [0, 0.05) is 17.3 Å². The van der Waals surface area contributed by atoms with Crippen LogP contribution in [0.15, 0.2) is 24.3 Å². The molecule has 0 aliphatic heterocycles. The first-order chi connectivity index (χ1) is 9.78. The first kappa shape index (κ1) is 17.8. The topological polar surface area (TPSA) is 86.6 Å². The Balaban J connectivity index is 2.25. The number of rotatable bonds is 8. The van der Waals surface area contributed by atoms with Crippen LogP contribution in [0.1, 0.15) is 18.9 Å². The van der Waals surface area contributed by atoms with Crippen molar-refractivity contribution in [2.75, 3.05) is 12.3 Å². The highest BCUT2D eigenvalue weighted by molar-refractivity contribution is 7.99. The molecule has 0 saturated carbocycles. The second kappa shape index (κ2) is 8.26. The predicted molar refractivity (Wildman–Crippen MR) is 83.5 cm³/mol. The van der Waals surface area contributed by atoms with Crippen LogP contribution in [-0.4, -0.2) is 40.0 Å². The smallest absolute Gasteiger partial charge is 0.306 e. The molecule has 1 unspecified atom stereocenters. The van der Waals surface area contributed by atoms with Crippen molar-refractivity contribution in [2.45, 2.75) is 24.7 Å². The molecular formula is C14H18ClNO4S. The zero-order chi connectivity index (χ0) is 15.9. The molecule has 0 radical (unpaired) electrons. The minimum atomic E-state index is -1.44. The van der Waals surface area contributed by atoms with Crippen molar-refractivity contribution in [3.63, 3.8) is 0 Å². The number of carbonyl (C=O) groups excluding carboxylic acids is 1. The molecule has 0 heterocycles. The van der Waals surface area contributed by atoms with E-state index in [2.05, 4.69) is 5.32 Å². The lowest BCUT2D eigenvalue weighted by molar-refractivity contribution is -0.142. The van der Waals surface area contributed by atoms with Crippen molar-refractivity contribution >= 4 is 35.2 Å². The standard InChI is InChI=1S/C14H18ClNO4S/c1-14(20,6-13(18)19)9-16-12(17)8-21-7-10-2-4-11(15)5-3-10/h2-5,20H,6-9H2,1H3,(H,16,17)(H,18,19). The molecule has 5 nitrogen and oxygen atoms in total. The number of carboxylic acid groups (broad SMARTS) is 1. The maximum absolute atomic E-state index is 11.6. The summed E-state index contributed by atoms with van der Waals surface area (Å²) >= 11 is 7.21. The van der Waals surface area contributed by atoms with Crippen molar-refractivity contribution in [1.82, 2.24) is 5.32 Å². The van der Waals surface area contributed by atoms with Crippen molar-refractivity contribution in [1.29, 1.82) is 0 Å². The maximum atomic E-state index is 11.6. The Bertz CT molecular complexity index is 490. The average Bonchev–Trinajstić information content (AvgIpc) is 2.37. The number of aliphatic carboxylic acids is 1. The van der Waals surface area contributed by atoms with Gasteiger partial charge in [-0.15, -0.1) is 11.8 Å². The van der Waals surface area contributed by atoms with Gasteiger partial charge in [0.05, 0.1) is 17.8 Å². The Labute approximate surface area is 132 Å². The molecule has 3 N–H and O–H groups in total. The van der Waals surface area contributed by atoms with E-state index in [0.29, 0.717) is 10.8 Å². The molecule has 0 aliphatic rings. The third kappa shape index (κ3) is 7.94. The number of carboxylic acids is 1. The molecule has 1 rings (SSSR count). The van der Waals surface area contributed by atoms with Crippen molar-refractivity contribution in [2.24, 2.45) is 0 Å². The first-order valence-corrected chi connectivity index (χ1v) is 7.85. The van der Waals surface area contributed by atoms with Crippen LogP contribution >= 0.6 is 23.4 Å². The molecular weight excluding hydrogens is 314 g/mol. The largest absolute Gasteiger partial charge is 0.481 e. The van der Waals surface area contributed by atoms with Gasteiger partial charge >= 0.3 is 5.97 Å². The number of aliphatic hydroxyl groups is 1. The van der Waals surface area contributed by atoms with Gasteiger partial charge in [0.15, 0.2) is 0 Å². The molecule has 1 atom stereocenters. The van der Waals surface area contributed by atoms with E-state index in [9.17, 15) is 14.7 Å². The third-order valence-electron chi connectivity index (χ3n) is 2.61. The van der Waals surface area contributed by atoms with Crippen LogP contribution in [0.3, 0.4) is 0 Å². The number of nitrogens with one attached hydrogen (secondary N) is 1. The normalized spacial score (nSPS) is 13.5. The molecule has 21 heavy (non-hydrogen) atoms. The van der Waals surface area contributed by atoms with Gasteiger partial charge in [-0.05, 0) is 24.6 Å². The highest BCUT2D eigenvalue weighted by Gasteiger charge is 2.24. The summed E-state index contributed by atoms with van der Waals surface area (Å²) < 4.78 is 0. The minimum absolute atomic E-state index is 0.0837. The predicted octanol–water partition coefficient (Wildman–Crippen LogP) is 1.92. The summed E-state index contributed by atoms with van der Waals surface area (Å²) in [6, 6.07) is 7.37. The van der Waals surface area contributed by atoms with E-state index in [1.807, 2.05) is 12.1 Å². The molecule has 1 amide bonds. The monoisotopic (exact) mass is 331 g/mol. The molecule has 116 valence electrons. The van der Waals surface area contributed by atoms with E-state index >= 15 is 0 Å². The van der Waals surface area contributed by atoms with Gasteiger partial charge in [0.25, 0.3) is 0 Å². The molecule has 0 bridgehead atoms. The first-order valence-electron chi connectivity index (χ1n) is 6.31. The summed E-state index contributed by atoms with van der Waals surface area (Å²) in [6.07, 6.45) is -0.412. The number of halogens is 1. The SMILES string of the molecule is CC(O)(CNC(=O)CSCc1ccc(Cl)cc1)CC(=O)O. The maximum Gasteiger partial charge on any atom is 0.306 e. The van der Waals surface area contributed by atoms with Gasteiger partial charge in [-0.3, -0.25) is 9.59 Å². The Morgan fingerprint density at radius 2 is 1.95 bits per heavy atom. The van der Waals surface area contributed by atoms with E-state index < -0.39 is 18.0 Å². The fourth-order valence-corrected chi connectivity index (χ4v) is 2.51. The van der Waals surface area contributed by atoms with Crippen molar-refractivity contribution < 1.29 is 19.8 Å². The van der Waals surface area contributed by atoms with Crippen LogP contribution in [-0.2, 0) is 15.3 Å². The Morgan fingerprint density at radius 3 is 2.52 bits per heavy atom. The van der Waals surface area contributed by atoms with E-state index in [1.165, 1.54) is 18.7 Å². The lowest BCUT2D eigenvalue weighted by Gasteiger charge is -2.21. The number of thioether (sulfide) groups is 1. The zero-order valence-electron chi connectivity index (χ0n) is 11.6. The van der Waals surface area contributed by atoms with Gasteiger partial charge in [-0.2, -0.15) is 0 Å². The lowest BCUT2D eigenvalue weighted by atomic mass is 10.0. The minimum Gasteiger partial charge on any atom is -0.481 e. The Morgan fingerprint density at radius 1 is 1.33 bits per heavy atom. The number of hydrogen-bond acceptors (Lipinski definition) is 4.